The molecule has 4 amide bonds. The normalized spacial score (nSPS) is 28.7. The van der Waals surface area contributed by atoms with E-state index in [9.17, 15) is 24.3 Å². The number of benzene rings is 3. The van der Waals surface area contributed by atoms with E-state index in [4.69, 9.17) is 28.9 Å². The number of hydrogen-bond acceptors (Lipinski definition) is 10. The molecule has 5 aromatic rings. The highest BCUT2D eigenvalue weighted by molar-refractivity contribution is 6.07. The molecule has 4 fully saturated rings. The molecule has 0 spiro atoms. The average Bonchev–Trinajstić information content (AvgIpc) is 4.14. The zero-order valence-electron chi connectivity index (χ0n) is 40.4. The molecule has 5 N–H and O–H groups in total. The maximum absolute atomic E-state index is 14.6. The van der Waals surface area contributed by atoms with Crippen LogP contribution >= 0.6 is 0 Å². The summed E-state index contributed by atoms with van der Waals surface area (Å²) in [6, 6.07) is 12.2. The molecule has 2 aromatic heterocycles. The standard InChI is InChI=1S/C52H64N8O9/c1-25-8-14-41(59(25)49(61)44(57-51(63)64)33-16-27(3)68-28(4)17-33)47-53-23-40(55-47)32-10-12-36-35(20-32)24-67-43-22-37-31(21-38(36)43)11-13-39-46(37)56-48(54-39)42-15-9-26(2)60(42)50(62)45(58-52(65)66-7)34-18-29(5)69-30(6)19-34/h10-13,20-23,25-30,33-34,41-42,44-45,57H,8-9,14-19,24H2,1-7H3,(H,53,55)(H,54,56)(H,58,65)(H,63,64)/t25-,26-,27+,28+,29+,30+,41-,42-,44-,45-/m0/s1. The summed E-state index contributed by atoms with van der Waals surface area (Å²) < 4.78 is 23.4. The summed E-state index contributed by atoms with van der Waals surface area (Å²) in [5, 5.41) is 17.3. The number of carboxylic acid groups (broad SMARTS) is 1. The Hall–Kier alpha value is -6.20. The number of carbonyl (C=O) groups is 4. The third kappa shape index (κ3) is 8.88. The zero-order chi connectivity index (χ0) is 48.4. The van der Waals surface area contributed by atoms with Crippen LogP contribution in [0.5, 0.6) is 5.75 Å². The summed E-state index contributed by atoms with van der Waals surface area (Å²) in [5.74, 6) is 1.49. The number of nitrogens with one attached hydrogen (secondary N) is 4. The van der Waals surface area contributed by atoms with Crippen molar-refractivity contribution in [1.82, 2.24) is 40.4 Å². The fourth-order valence-electron chi connectivity index (χ4n) is 12.4. The molecule has 10 atom stereocenters. The quantitative estimate of drug-likeness (QED) is 0.0945. The number of ether oxygens (including phenoxy) is 4. The van der Waals surface area contributed by atoms with Gasteiger partial charge in [0.25, 0.3) is 0 Å². The number of amides is 4. The molecule has 69 heavy (non-hydrogen) atoms. The third-order valence-corrected chi connectivity index (χ3v) is 15.4. The minimum Gasteiger partial charge on any atom is -0.488 e. The number of hydrogen-bond donors (Lipinski definition) is 5. The van der Waals surface area contributed by atoms with E-state index in [0.717, 1.165) is 74.8 Å². The molecule has 10 rings (SSSR count). The van der Waals surface area contributed by atoms with Crippen LogP contribution in [0.1, 0.15) is 122 Å². The largest absolute Gasteiger partial charge is 0.488 e. The van der Waals surface area contributed by atoms with E-state index in [2.05, 4.69) is 63.9 Å². The molecule has 0 unspecified atom stereocenters. The topological polar surface area (TPSA) is 213 Å². The molecule has 0 aliphatic carbocycles. The second-order valence-corrected chi connectivity index (χ2v) is 20.4. The van der Waals surface area contributed by atoms with Gasteiger partial charge in [0.2, 0.25) is 11.8 Å². The van der Waals surface area contributed by atoms with Crippen molar-refractivity contribution < 1.29 is 43.2 Å². The first-order valence-electron chi connectivity index (χ1n) is 24.7. The summed E-state index contributed by atoms with van der Waals surface area (Å²) in [6.45, 7) is 12.4. The van der Waals surface area contributed by atoms with E-state index in [1.165, 1.54) is 7.11 Å². The van der Waals surface area contributed by atoms with Crippen LogP contribution in [0.25, 0.3) is 44.2 Å². The van der Waals surface area contributed by atoms with Crippen molar-refractivity contribution in [2.75, 3.05) is 7.11 Å². The fraction of sp³-hybridized carbons (Fsp3) is 0.538. The van der Waals surface area contributed by atoms with Crippen LogP contribution in [0.2, 0.25) is 0 Å². The van der Waals surface area contributed by atoms with Gasteiger partial charge in [0.05, 0.1) is 66.5 Å². The van der Waals surface area contributed by atoms with Crippen LogP contribution in [0.3, 0.4) is 0 Å². The number of aromatic nitrogens is 4. The van der Waals surface area contributed by atoms with Crippen LogP contribution in [0.15, 0.2) is 48.7 Å². The lowest BCUT2D eigenvalue weighted by molar-refractivity contribution is -0.141. The lowest BCUT2D eigenvalue weighted by Gasteiger charge is -2.39. The monoisotopic (exact) mass is 944 g/mol. The number of imidazole rings is 2. The molecular formula is C52H64N8O9. The third-order valence-electron chi connectivity index (χ3n) is 15.4. The predicted octanol–water partition coefficient (Wildman–Crippen LogP) is 8.54. The molecular weight excluding hydrogens is 881 g/mol. The second kappa shape index (κ2) is 18.6. The smallest absolute Gasteiger partial charge is 0.407 e. The summed E-state index contributed by atoms with van der Waals surface area (Å²) >= 11 is 0. The molecule has 5 aliphatic rings. The van der Waals surface area contributed by atoms with Crippen LogP contribution in [0, 0.1) is 11.8 Å². The summed E-state index contributed by atoms with van der Waals surface area (Å²) in [4.78, 5) is 74.4. The average molecular weight is 945 g/mol. The van der Waals surface area contributed by atoms with E-state index >= 15 is 0 Å². The van der Waals surface area contributed by atoms with Crippen LogP contribution < -0.4 is 15.4 Å². The van der Waals surface area contributed by atoms with E-state index in [0.29, 0.717) is 50.4 Å². The van der Waals surface area contributed by atoms with E-state index in [-0.39, 0.29) is 72.2 Å². The maximum atomic E-state index is 14.6. The second-order valence-electron chi connectivity index (χ2n) is 20.4. The number of H-pyrrole nitrogens is 2. The molecule has 0 bridgehead atoms. The Morgan fingerprint density at radius 3 is 1.96 bits per heavy atom. The molecule has 17 heteroatoms. The number of aromatic amines is 2. The van der Waals surface area contributed by atoms with Crippen molar-refractivity contribution in [3.8, 4) is 28.1 Å². The van der Waals surface area contributed by atoms with Crippen molar-refractivity contribution in [2.45, 2.75) is 160 Å². The minimum absolute atomic E-state index is 0.0396. The number of likely N-dealkylation sites (tertiary alicyclic amines) is 2. The van der Waals surface area contributed by atoms with E-state index in [1.807, 2.05) is 50.5 Å². The van der Waals surface area contributed by atoms with Crippen molar-refractivity contribution in [3.63, 3.8) is 0 Å². The Labute approximate surface area is 401 Å². The molecule has 17 nitrogen and oxygen atoms in total. The maximum Gasteiger partial charge on any atom is 0.407 e. The predicted molar refractivity (Wildman–Crippen MR) is 257 cm³/mol. The molecule has 4 saturated heterocycles. The van der Waals surface area contributed by atoms with Crippen LogP contribution in [-0.4, -0.2) is 115 Å². The Balaban J connectivity index is 0.892. The highest BCUT2D eigenvalue weighted by Gasteiger charge is 2.46. The van der Waals surface area contributed by atoms with Crippen LogP contribution in [-0.2, 0) is 30.4 Å². The zero-order valence-corrected chi connectivity index (χ0v) is 40.4. The Bertz CT molecular complexity index is 2770. The first-order chi connectivity index (χ1) is 33.1. The number of methoxy groups -OCH3 is 1. The highest BCUT2D eigenvalue weighted by Crippen LogP contribution is 2.45. The van der Waals surface area contributed by atoms with Gasteiger partial charge >= 0.3 is 12.2 Å². The molecule has 7 heterocycles. The summed E-state index contributed by atoms with van der Waals surface area (Å²) in [6.07, 6.45) is 5.23. The number of alkyl carbamates (subject to hydrolysis) is 1. The highest BCUT2D eigenvalue weighted by atomic mass is 16.5. The lowest BCUT2D eigenvalue weighted by Crippen LogP contribution is -2.55. The Morgan fingerprint density at radius 2 is 1.35 bits per heavy atom. The number of fused-ring (bicyclic) bond motifs is 6. The number of rotatable bonds is 9. The van der Waals surface area contributed by atoms with E-state index < -0.39 is 24.3 Å². The van der Waals surface area contributed by atoms with Crippen molar-refractivity contribution >= 4 is 45.8 Å². The summed E-state index contributed by atoms with van der Waals surface area (Å²) in [7, 11) is 1.31. The molecule has 366 valence electrons. The van der Waals surface area contributed by atoms with Gasteiger partial charge in [-0.3, -0.25) is 9.59 Å². The number of nitrogens with zero attached hydrogens (tertiary/aromatic N) is 4. The Morgan fingerprint density at radius 1 is 0.739 bits per heavy atom. The SMILES string of the molecule is COC(=O)N[C@H](C(=O)N1[C@@H](C)CC[C@H]1c1nc2ccc3cc4c(cc3c2[nH]1)OCc1cc(-c2cnc([C@@H]3CC[C@H](C)N3C(=O)[C@@H](NC(=O)O)C3C[C@@H](C)O[C@H](C)C3)[nH]2)ccc1-4)C1C[C@@H](C)O[C@H](C)C1. The van der Waals surface area contributed by atoms with Gasteiger partial charge in [0.1, 0.15) is 36.1 Å². The van der Waals surface area contributed by atoms with Crippen molar-refractivity contribution in [2.24, 2.45) is 11.8 Å². The minimum atomic E-state index is -1.21. The fourth-order valence-corrected chi connectivity index (χ4v) is 12.4. The first kappa shape index (κ1) is 46.5. The first-order valence-corrected chi connectivity index (χ1v) is 24.7. The molecule has 5 aliphatic heterocycles. The lowest BCUT2D eigenvalue weighted by atomic mass is 9.85. The molecule has 0 radical (unpaired) electrons. The Kier molecular flexibility index (Phi) is 12.5. The van der Waals surface area contributed by atoms with E-state index in [1.54, 1.807) is 6.20 Å². The van der Waals surface area contributed by atoms with Gasteiger partial charge in [-0.15, -0.1) is 0 Å². The van der Waals surface area contributed by atoms with Crippen molar-refractivity contribution in [3.05, 3.63) is 65.9 Å². The van der Waals surface area contributed by atoms with Gasteiger partial charge in [-0.25, -0.2) is 19.6 Å². The van der Waals surface area contributed by atoms with Crippen LogP contribution in [0.4, 0.5) is 9.59 Å². The van der Waals surface area contributed by atoms with Gasteiger partial charge in [0, 0.05) is 23.0 Å². The molecule has 3 aromatic carbocycles. The number of carbonyl (C=O) groups excluding carboxylic acids is 3. The van der Waals surface area contributed by atoms with Gasteiger partial charge in [-0.05, 0) is 151 Å². The van der Waals surface area contributed by atoms with Gasteiger partial charge in [0.15, 0.2) is 0 Å². The molecule has 0 saturated carbocycles. The van der Waals surface area contributed by atoms with Gasteiger partial charge in [-0.1, -0.05) is 18.2 Å². The summed E-state index contributed by atoms with van der Waals surface area (Å²) in [5.41, 5.74) is 6.48. The van der Waals surface area contributed by atoms with Crippen molar-refractivity contribution in [1.29, 1.82) is 0 Å². The van der Waals surface area contributed by atoms with Gasteiger partial charge < -0.3 is 54.5 Å². The van der Waals surface area contributed by atoms with Gasteiger partial charge in [-0.2, -0.15) is 0 Å².